The van der Waals surface area contributed by atoms with E-state index < -0.39 is 0 Å². The van der Waals surface area contributed by atoms with Crippen LogP contribution in [0, 0.1) is 5.92 Å². The number of halogens is 1. The molecule has 0 aromatic heterocycles. The van der Waals surface area contributed by atoms with Crippen molar-refractivity contribution < 1.29 is 4.79 Å². The van der Waals surface area contributed by atoms with Crippen molar-refractivity contribution in [1.29, 1.82) is 0 Å². The molecule has 98 valence electrons. The summed E-state index contributed by atoms with van der Waals surface area (Å²) in [6.45, 7) is 2.92. The fraction of sp³-hybridized carbons (Fsp3) is 0.500. The second-order valence-corrected chi connectivity index (χ2v) is 5.64. The van der Waals surface area contributed by atoms with Crippen molar-refractivity contribution in [2.45, 2.75) is 19.3 Å². The third kappa shape index (κ3) is 4.10. The van der Waals surface area contributed by atoms with Crippen LogP contribution in [-0.2, 0) is 11.2 Å². The van der Waals surface area contributed by atoms with Crippen molar-refractivity contribution in [3.8, 4) is 0 Å². The highest BCUT2D eigenvalue weighted by molar-refractivity contribution is 9.10. The maximum atomic E-state index is 11.9. The highest BCUT2D eigenvalue weighted by Gasteiger charge is 2.14. The lowest BCUT2D eigenvalue weighted by molar-refractivity contribution is -0.120. The molecule has 3 nitrogen and oxygen atoms in total. The lowest BCUT2D eigenvalue weighted by Gasteiger charge is -2.22. The summed E-state index contributed by atoms with van der Waals surface area (Å²) in [6, 6.07) is 7.86. The molecule has 1 saturated heterocycles. The van der Waals surface area contributed by atoms with Gasteiger partial charge in [-0.25, -0.2) is 0 Å². The van der Waals surface area contributed by atoms with Gasteiger partial charge in [-0.2, -0.15) is 0 Å². The number of benzene rings is 1. The molecule has 2 rings (SSSR count). The van der Waals surface area contributed by atoms with Crippen molar-refractivity contribution >= 4 is 21.8 Å². The van der Waals surface area contributed by atoms with Gasteiger partial charge in [0, 0.05) is 11.0 Å². The molecule has 1 unspecified atom stereocenters. The highest BCUT2D eigenvalue weighted by atomic mass is 79.9. The van der Waals surface area contributed by atoms with Gasteiger partial charge in [-0.3, -0.25) is 4.79 Å². The summed E-state index contributed by atoms with van der Waals surface area (Å²) in [7, 11) is 0. The van der Waals surface area contributed by atoms with Crippen LogP contribution < -0.4 is 10.6 Å². The Bertz CT molecular complexity index is 403. The number of amides is 1. The molecule has 1 heterocycles. The largest absolute Gasteiger partial charge is 0.355 e. The summed E-state index contributed by atoms with van der Waals surface area (Å²) >= 11 is 3.46. The van der Waals surface area contributed by atoms with Gasteiger partial charge in [0.15, 0.2) is 0 Å². The van der Waals surface area contributed by atoms with Crippen LogP contribution in [0.25, 0.3) is 0 Å². The van der Waals surface area contributed by atoms with E-state index in [0.717, 1.165) is 29.7 Å². The van der Waals surface area contributed by atoms with E-state index >= 15 is 0 Å². The van der Waals surface area contributed by atoms with E-state index in [-0.39, 0.29) is 5.91 Å². The topological polar surface area (TPSA) is 41.1 Å². The van der Waals surface area contributed by atoms with Crippen molar-refractivity contribution in [3.05, 3.63) is 34.3 Å². The van der Waals surface area contributed by atoms with Crippen molar-refractivity contribution in [1.82, 2.24) is 10.6 Å². The number of hydrogen-bond donors (Lipinski definition) is 2. The van der Waals surface area contributed by atoms with Crippen LogP contribution in [0.3, 0.4) is 0 Å². The minimum Gasteiger partial charge on any atom is -0.355 e. The van der Waals surface area contributed by atoms with E-state index in [1.54, 1.807) is 0 Å². The van der Waals surface area contributed by atoms with E-state index in [0.29, 0.717) is 12.3 Å². The van der Waals surface area contributed by atoms with Crippen molar-refractivity contribution in [3.63, 3.8) is 0 Å². The Morgan fingerprint density at radius 3 is 3.00 bits per heavy atom. The molecule has 0 spiro atoms. The zero-order chi connectivity index (χ0) is 12.8. The second kappa shape index (κ2) is 6.90. The van der Waals surface area contributed by atoms with Crippen LogP contribution in [0.4, 0.5) is 0 Å². The summed E-state index contributed by atoms with van der Waals surface area (Å²) in [5.74, 6) is 0.689. The first-order chi connectivity index (χ1) is 8.75. The number of carbonyl (C=O) groups is 1. The number of rotatable bonds is 4. The van der Waals surface area contributed by atoms with Crippen LogP contribution >= 0.6 is 15.9 Å². The van der Waals surface area contributed by atoms with Crippen molar-refractivity contribution in [2.24, 2.45) is 5.92 Å². The number of hydrogen-bond acceptors (Lipinski definition) is 2. The Hall–Kier alpha value is -0.870. The molecule has 1 aliphatic heterocycles. The molecule has 18 heavy (non-hydrogen) atoms. The van der Waals surface area contributed by atoms with Gasteiger partial charge in [0.25, 0.3) is 0 Å². The molecule has 0 aliphatic carbocycles. The molecule has 1 aromatic carbocycles. The lowest BCUT2D eigenvalue weighted by Crippen LogP contribution is -2.38. The molecule has 1 aromatic rings. The maximum absolute atomic E-state index is 11.9. The van der Waals surface area contributed by atoms with Gasteiger partial charge in [-0.05, 0) is 43.5 Å². The fourth-order valence-corrected chi connectivity index (χ4v) is 2.66. The molecular formula is C14H19BrN2O. The van der Waals surface area contributed by atoms with E-state index in [2.05, 4.69) is 26.6 Å². The Morgan fingerprint density at radius 2 is 2.28 bits per heavy atom. The van der Waals surface area contributed by atoms with Gasteiger partial charge in [-0.1, -0.05) is 34.1 Å². The molecule has 1 fully saturated rings. The SMILES string of the molecule is O=C(Cc1ccccc1Br)NCC1CCCNC1. The van der Waals surface area contributed by atoms with E-state index in [1.807, 2.05) is 24.3 Å². The predicted molar refractivity (Wildman–Crippen MR) is 76.4 cm³/mol. The quantitative estimate of drug-likeness (QED) is 0.894. The Kier molecular flexibility index (Phi) is 5.20. The molecule has 2 N–H and O–H groups in total. The first-order valence-electron chi connectivity index (χ1n) is 6.46. The van der Waals surface area contributed by atoms with Gasteiger partial charge in [0.2, 0.25) is 5.91 Å². The van der Waals surface area contributed by atoms with E-state index in [9.17, 15) is 4.79 Å². The van der Waals surface area contributed by atoms with Gasteiger partial charge >= 0.3 is 0 Å². The molecule has 1 atom stereocenters. The summed E-state index contributed by atoms with van der Waals surface area (Å²) < 4.78 is 1.000. The zero-order valence-electron chi connectivity index (χ0n) is 10.4. The first-order valence-corrected chi connectivity index (χ1v) is 7.26. The van der Waals surface area contributed by atoms with Gasteiger partial charge in [0.1, 0.15) is 0 Å². The average Bonchev–Trinajstić information content (AvgIpc) is 2.40. The second-order valence-electron chi connectivity index (χ2n) is 4.78. The van der Waals surface area contributed by atoms with Crippen molar-refractivity contribution in [2.75, 3.05) is 19.6 Å². The van der Waals surface area contributed by atoms with Crippen LogP contribution in [0.2, 0.25) is 0 Å². The van der Waals surface area contributed by atoms with Gasteiger partial charge in [0.05, 0.1) is 6.42 Å². The molecule has 1 aliphatic rings. The standard InChI is InChI=1S/C14H19BrN2O/c15-13-6-2-1-5-12(13)8-14(18)17-10-11-4-3-7-16-9-11/h1-2,5-6,11,16H,3-4,7-10H2,(H,17,18). The average molecular weight is 311 g/mol. The molecule has 0 saturated carbocycles. The Labute approximate surface area is 116 Å². The van der Waals surface area contributed by atoms with Gasteiger partial charge < -0.3 is 10.6 Å². The molecule has 0 radical (unpaired) electrons. The maximum Gasteiger partial charge on any atom is 0.224 e. The predicted octanol–water partition coefficient (Wildman–Crippen LogP) is 2.11. The fourth-order valence-electron chi connectivity index (χ4n) is 2.23. The van der Waals surface area contributed by atoms with Gasteiger partial charge in [-0.15, -0.1) is 0 Å². The number of nitrogens with one attached hydrogen (secondary N) is 2. The summed E-state index contributed by atoms with van der Waals surface area (Å²) in [5, 5.41) is 6.39. The molecule has 1 amide bonds. The summed E-state index contributed by atoms with van der Waals surface area (Å²) in [4.78, 5) is 11.9. The number of piperidine rings is 1. The van der Waals surface area contributed by atoms with Crippen LogP contribution in [0.1, 0.15) is 18.4 Å². The summed E-state index contributed by atoms with van der Waals surface area (Å²) in [5.41, 5.74) is 1.04. The Morgan fingerprint density at radius 1 is 1.44 bits per heavy atom. The zero-order valence-corrected chi connectivity index (χ0v) is 12.0. The van der Waals surface area contributed by atoms with Crippen LogP contribution in [0.15, 0.2) is 28.7 Å². The van der Waals surface area contributed by atoms with E-state index in [1.165, 1.54) is 12.8 Å². The third-order valence-corrected chi connectivity index (χ3v) is 4.07. The Balaban J connectivity index is 1.76. The van der Waals surface area contributed by atoms with Crippen LogP contribution in [0.5, 0.6) is 0 Å². The smallest absolute Gasteiger partial charge is 0.224 e. The normalized spacial score (nSPS) is 19.5. The molecule has 4 heteroatoms. The van der Waals surface area contributed by atoms with Crippen LogP contribution in [-0.4, -0.2) is 25.5 Å². The molecule has 0 bridgehead atoms. The number of carbonyl (C=O) groups excluding carboxylic acids is 1. The monoisotopic (exact) mass is 310 g/mol. The third-order valence-electron chi connectivity index (χ3n) is 3.30. The van der Waals surface area contributed by atoms with E-state index in [4.69, 9.17) is 0 Å². The highest BCUT2D eigenvalue weighted by Crippen LogP contribution is 2.16. The minimum absolute atomic E-state index is 0.104. The lowest BCUT2D eigenvalue weighted by atomic mass is 10.00. The minimum atomic E-state index is 0.104. The first kappa shape index (κ1) is 13.6. The molecular weight excluding hydrogens is 292 g/mol. The summed E-state index contributed by atoms with van der Waals surface area (Å²) in [6.07, 6.45) is 2.87.